The molecule has 0 atom stereocenters. The van der Waals surface area contributed by atoms with Crippen LogP contribution >= 0.6 is 11.3 Å². The second-order valence-electron chi connectivity index (χ2n) is 5.48. The predicted molar refractivity (Wildman–Crippen MR) is 93.4 cm³/mol. The molecule has 4 aromatic heterocycles. The molecule has 130 valence electrons. The largest absolute Gasteiger partial charge is 0.432 e. The summed E-state index contributed by atoms with van der Waals surface area (Å²) in [6.45, 7) is 0. The molecule has 0 saturated heterocycles. The Morgan fingerprint density at radius 3 is 2.35 bits per heavy atom. The van der Waals surface area contributed by atoms with Crippen molar-refractivity contribution in [2.24, 2.45) is 0 Å². The highest BCUT2D eigenvalue weighted by Crippen LogP contribution is 2.34. The van der Waals surface area contributed by atoms with Gasteiger partial charge in [0.2, 0.25) is 0 Å². The third-order valence-corrected chi connectivity index (χ3v) is 4.87. The molecule has 0 bridgehead atoms. The fourth-order valence-corrected chi connectivity index (χ4v) is 3.40. The van der Waals surface area contributed by atoms with E-state index in [0.717, 1.165) is 27.1 Å². The molecule has 0 spiro atoms. The van der Waals surface area contributed by atoms with E-state index in [1.54, 1.807) is 29.8 Å². The molecule has 4 rings (SSSR count). The lowest BCUT2D eigenvalue weighted by Gasteiger charge is -2.00. The summed E-state index contributed by atoms with van der Waals surface area (Å²) in [4.78, 5) is 10.6. The second-order valence-corrected chi connectivity index (χ2v) is 6.56. The van der Waals surface area contributed by atoms with E-state index in [1.807, 2.05) is 41.5 Å². The van der Waals surface area contributed by atoms with Crippen LogP contribution in [-0.4, -0.2) is 20.2 Å². The zero-order valence-electron chi connectivity index (χ0n) is 13.2. The topological polar surface area (TPSA) is 54.5 Å². The number of hydrogen-bond donors (Lipinski definition) is 1. The Balaban J connectivity index is 1.59. The van der Waals surface area contributed by atoms with Gasteiger partial charge in [0.25, 0.3) is 0 Å². The average molecular weight is 372 g/mol. The van der Waals surface area contributed by atoms with Crippen LogP contribution in [0.15, 0.2) is 60.9 Å². The molecule has 8 heteroatoms. The van der Waals surface area contributed by atoms with Gasteiger partial charge in [0, 0.05) is 22.8 Å². The molecule has 0 saturated carbocycles. The minimum Gasteiger partial charge on any atom is -0.273 e. The summed E-state index contributed by atoms with van der Waals surface area (Å²) in [5.74, 6) is 0. The minimum absolute atomic E-state index is 0.157. The molecule has 0 aromatic carbocycles. The van der Waals surface area contributed by atoms with Gasteiger partial charge < -0.3 is 0 Å². The number of thiophene rings is 1. The van der Waals surface area contributed by atoms with Crippen molar-refractivity contribution in [1.29, 1.82) is 0 Å². The normalized spacial score (nSPS) is 11.7. The van der Waals surface area contributed by atoms with Crippen molar-refractivity contribution < 1.29 is 13.2 Å². The van der Waals surface area contributed by atoms with Gasteiger partial charge >= 0.3 is 6.18 Å². The summed E-state index contributed by atoms with van der Waals surface area (Å²) in [6.07, 6.45) is -1.08. The van der Waals surface area contributed by atoms with Crippen molar-refractivity contribution in [3.05, 3.63) is 66.6 Å². The Hall–Kier alpha value is -3.00. The molecule has 0 aliphatic carbocycles. The van der Waals surface area contributed by atoms with Crippen LogP contribution in [0.3, 0.4) is 0 Å². The highest BCUT2D eigenvalue weighted by molar-refractivity contribution is 7.18. The SMILES string of the molecule is FC(F)(F)c1cc(-c2ccc(-c3ccc(-c4ccccn4)s3)cn2)n[nH]1. The summed E-state index contributed by atoms with van der Waals surface area (Å²) >= 11 is 1.58. The van der Waals surface area contributed by atoms with Crippen LogP contribution in [0, 0.1) is 0 Å². The van der Waals surface area contributed by atoms with Crippen molar-refractivity contribution in [1.82, 2.24) is 20.2 Å². The molecule has 0 radical (unpaired) electrons. The van der Waals surface area contributed by atoms with E-state index in [0.29, 0.717) is 5.69 Å². The number of aromatic amines is 1. The quantitative estimate of drug-likeness (QED) is 0.532. The first-order valence-corrected chi connectivity index (χ1v) is 8.43. The van der Waals surface area contributed by atoms with Crippen LogP contribution in [0.4, 0.5) is 13.2 Å². The van der Waals surface area contributed by atoms with Gasteiger partial charge in [-0.2, -0.15) is 18.3 Å². The van der Waals surface area contributed by atoms with E-state index >= 15 is 0 Å². The lowest BCUT2D eigenvalue weighted by Crippen LogP contribution is -2.04. The van der Waals surface area contributed by atoms with Gasteiger partial charge in [-0.25, -0.2) is 0 Å². The molecule has 0 aliphatic rings. The highest BCUT2D eigenvalue weighted by Gasteiger charge is 2.33. The molecular weight excluding hydrogens is 361 g/mol. The number of alkyl halides is 3. The smallest absolute Gasteiger partial charge is 0.273 e. The average Bonchev–Trinajstić information content (AvgIpc) is 3.32. The van der Waals surface area contributed by atoms with Crippen molar-refractivity contribution in [2.45, 2.75) is 6.18 Å². The van der Waals surface area contributed by atoms with Gasteiger partial charge in [0.05, 0.1) is 16.3 Å². The number of halogens is 3. The first-order chi connectivity index (χ1) is 12.5. The van der Waals surface area contributed by atoms with Crippen LogP contribution < -0.4 is 0 Å². The first kappa shape index (κ1) is 16.5. The van der Waals surface area contributed by atoms with E-state index in [1.165, 1.54) is 0 Å². The Labute approximate surface area is 150 Å². The zero-order valence-corrected chi connectivity index (χ0v) is 14.0. The van der Waals surface area contributed by atoms with Crippen LogP contribution in [-0.2, 0) is 6.18 Å². The Kier molecular flexibility index (Phi) is 4.04. The second kappa shape index (κ2) is 6.38. The maximum Gasteiger partial charge on any atom is 0.432 e. The molecule has 4 aromatic rings. The highest BCUT2D eigenvalue weighted by atomic mass is 32.1. The predicted octanol–water partition coefficient (Wildman–Crippen LogP) is 5.28. The van der Waals surface area contributed by atoms with Crippen molar-refractivity contribution in [3.8, 4) is 32.4 Å². The minimum atomic E-state index is -4.45. The number of hydrogen-bond acceptors (Lipinski definition) is 4. The van der Waals surface area contributed by atoms with Crippen LogP contribution in [0.2, 0.25) is 0 Å². The standard InChI is InChI=1S/C18H11F3N4S/c19-18(20,21)17-9-14(24-25-17)12-5-4-11(10-23-12)15-6-7-16(26-15)13-3-1-2-8-22-13/h1-10H,(H,24,25). The van der Waals surface area contributed by atoms with Gasteiger partial charge in [0.1, 0.15) is 11.4 Å². The summed E-state index contributed by atoms with van der Waals surface area (Å²) < 4.78 is 37.9. The third kappa shape index (κ3) is 3.23. The summed E-state index contributed by atoms with van der Waals surface area (Å²) in [6, 6.07) is 14.1. The Morgan fingerprint density at radius 1 is 0.846 bits per heavy atom. The third-order valence-electron chi connectivity index (χ3n) is 3.72. The number of rotatable bonds is 3. The first-order valence-electron chi connectivity index (χ1n) is 7.61. The van der Waals surface area contributed by atoms with Gasteiger partial charge in [0.15, 0.2) is 0 Å². The Bertz CT molecular complexity index is 1020. The number of nitrogens with zero attached hydrogens (tertiary/aromatic N) is 3. The molecule has 0 fully saturated rings. The molecule has 4 nitrogen and oxygen atoms in total. The van der Waals surface area contributed by atoms with Crippen LogP contribution in [0.25, 0.3) is 32.4 Å². The van der Waals surface area contributed by atoms with E-state index in [-0.39, 0.29) is 5.69 Å². The Morgan fingerprint density at radius 2 is 1.69 bits per heavy atom. The summed E-state index contributed by atoms with van der Waals surface area (Å²) in [7, 11) is 0. The fourth-order valence-electron chi connectivity index (χ4n) is 2.43. The van der Waals surface area contributed by atoms with E-state index < -0.39 is 11.9 Å². The lowest BCUT2D eigenvalue weighted by atomic mass is 10.2. The molecule has 1 N–H and O–H groups in total. The summed E-state index contributed by atoms with van der Waals surface area (Å²) in [5, 5.41) is 5.68. The van der Waals surface area contributed by atoms with Crippen LogP contribution in [0.5, 0.6) is 0 Å². The number of pyridine rings is 2. The van der Waals surface area contributed by atoms with E-state index in [4.69, 9.17) is 0 Å². The van der Waals surface area contributed by atoms with Crippen molar-refractivity contribution >= 4 is 11.3 Å². The van der Waals surface area contributed by atoms with Crippen molar-refractivity contribution in [3.63, 3.8) is 0 Å². The van der Waals surface area contributed by atoms with Gasteiger partial charge in [-0.15, -0.1) is 11.3 Å². The monoisotopic (exact) mass is 372 g/mol. The molecular formula is C18H11F3N4S. The lowest BCUT2D eigenvalue weighted by molar-refractivity contribution is -0.141. The fraction of sp³-hybridized carbons (Fsp3) is 0.0556. The van der Waals surface area contributed by atoms with Gasteiger partial charge in [-0.05, 0) is 42.5 Å². The van der Waals surface area contributed by atoms with Crippen molar-refractivity contribution in [2.75, 3.05) is 0 Å². The van der Waals surface area contributed by atoms with E-state index in [9.17, 15) is 13.2 Å². The zero-order chi connectivity index (χ0) is 18.1. The molecule has 4 heterocycles. The molecule has 0 aliphatic heterocycles. The number of H-pyrrole nitrogens is 1. The maximum atomic E-state index is 12.6. The number of nitrogens with one attached hydrogen (secondary N) is 1. The van der Waals surface area contributed by atoms with Gasteiger partial charge in [-0.3, -0.25) is 15.1 Å². The van der Waals surface area contributed by atoms with Crippen LogP contribution in [0.1, 0.15) is 5.69 Å². The molecule has 26 heavy (non-hydrogen) atoms. The number of aromatic nitrogens is 4. The molecule has 0 unspecified atom stereocenters. The molecule has 0 amide bonds. The van der Waals surface area contributed by atoms with E-state index in [2.05, 4.69) is 15.1 Å². The summed E-state index contributed by atoms with van der Waals surface area (Å²) in [5.41, 5.74) is 1.42. The maximum absolute atomic E-state index is 12.6. The van der Waals surface area contributed by atoms with Gasteiger partial charge in [-0.1, -0.05) is 6.07 Å².